The second-order valence-electron chi connectivity index (χ2n) is 6.80. The Kier molecular flexibility index (Phi) is 5.20. The molecule has 0 radical (unpaired) electrons. The second kappa shape index (κ2) is 6.76. The maximum atomic E-state index is 13.5. The van der Waals surface area contributed by atoms with Gasteiger partial charge in [-0.15, -0.1) is 0 Å². The fourth-order valence-corrected chi connectivity index (χ4v) is 3.38. The van der Waals surface area contributed by atoms with E-state index >= 15 is 0 Å². The van der Waals surface area contributed by atoms with Crippen LogP contribution >= 0.6 is 0 Å². The molecular weight excluding hydrogens is 361 g/mol. The van der Waals surface area contributed by atoms with Crippen LogP contribution < -0.4 is 10.6 Å². The third-order valence-corrected chi connectivity index (χ3v) is 5.05. The molecule has 1 unspecified atom stereocenters. The summed E-state index contributed by atoms with van der Waals surface area (Å²) < 4.78 is 45.1. The summed E-state index contributed by atoms with van der Waals surface area (Å²) in [7, 11) is 1.04. The van der Waals surface area contributed by atoms with E-state index < -0.39 is 66.2 Å². The maximum Gasteiger partial charge on any atom is 0.396 e. The standard InChI is InChI=1S/C15H19F3N2O6/c1-26-12(25)14(4-8(5-14)11(23)24)20-10(22)6-13(15(16,17)18)3-2-9(21)19-7-13/h8H,2-7H2,1H3,(H,19,21)(H,20,22)(H,23,24). The van der Waals surface area contributed by atoms with Crippen LogP contribution in [0.15, 0.2) is 0 Å². The fourth-order valence-electron chi connectivity index (χ4n) is 3.38. The van der Waals surface area contributed by atoms with Gasteiger partial charge in [0.25, 0.3) is 0 Å². The van der Waals surface area contributed by atoms with Crippen molar-refractivity contribution in [3.63, 3.8) is 0 Å². The van der Waals surface area contributed by atoms with E-state index in [1.54, 1.807) is 0 Å². The monoisotopic (exact) mass is 380 g/mol. The molecule has 0 aromatic rings. The van der Waals surface area contributed by atoms with Crippen molar-refractivity contribution in [1.82, 2.24) is 10.6 Å². The highest BCUT2D eigenvalue weighted by atomic mass is 19.4. The zero-order valence-electron chi connectivity index (χ0n) is 13.9. The van der Waals surface area contributed by atoms with E-state index in [1.165, 1.54) is 0 Å². The van der Waals surface area contributed by atoms with Crippen LogP contribution in [-0.4, -0.2) is 54.2 Å². The van der Waals surface area contributed by atoms with Crippen molar-refractivity contribution >= 4 is 23.8 Å². The van der Waals surface area contributed by atoms with Crippen molar-refractivity contribution in [2.24, 2.45) is 11.3 Å². The average Bonchev–Trinajstić information content (AvgIpc) is 2.50. The minimum Gasteiger partial charge on any atom is -0.481 e. The molecule has 26 heavy (non-hydrogen) atoms. The molecule has 1 aliphatic carbocycles. The van der Waals surface area contributed by atoms with Crippen LogP contribution in [0, 0.1) is 11.3 Å². The third-order valence-electron chi connectivity index (χ3n) is 5.05. The summed E-state index contributed by atoms with van der Waals surface area (Å²) in [5.74, 6) is -4.53. The van der Waals surface area contributed by atoms with E-state index in [0.29, 0.717) is 0 Å². The summed E-state index contributed by atoms with van der Waals surface area (Å²) in [4.78, 5) is 46.3. The van der Waals surface area contributed by atoms with Crippen LogP contribution in [0.5, 0.6) is 0 Å². The van der Waals surface area contributed by atoms with Gasteiger partial charge in [-0.25, -0.2) is 4.79 Å². The number of carboxylic acids is 1. The van der Waals surface area contributed by atoms with E-state index in [-0.39, 0.29) is 19.3 Å². The second-order valence-corrected chi connectivity index (χ2v) is 6.80. The van der Waals surface area contributed by atoms with E-state index in [2.05, 4.69) is 15.4 Å². The molecule has 0 bridgehead atoms. The van der Waals surface area contributed by atoms with Crippen molar-refractivity contribution in [2.75, 3.05) is 13.7 Å². The van der Waals surface area contributed by atoms with Crippen molar-refractivity contribution in [3.8, 4) is 0 Å². The first-order valence-electron chi connectivity index (χ1n) is 7.90. The number of carbonyl (C=O) groups is 4. The molecule has 0 aromatic heterocycles. The van der Waals surface area contributed by atoms with E-state index in [9.17, 15) is 32.3 Å². The van der Waals surface area contributed by atoms with Gasteiger partial charge in [-0.2, -0.15) is 13.2 Å². The van der Waals surface area contributed by atoms with E-state index in [4.69, 9.17) is 5.11 Å². The zero-order valence-corrected chi connectivity index (χ0v) is 13.9. The molecule has 146 valence electrons. The number of aliphatic carboxylic acids is 1. The van der Waals surface area contributed by atoms with Crippen molar-refractivity contribution < 1.29 is 42.2 Å². The number of carboxylic acid groups (broad SMARTS) is 1. The van der Waals surface area contributed by atoms with Crippen LogP contribution in [-0.2, 0) is 23.9 Å². The molecule has 8 nitrogen and oxygen atoms in total. The highest BCUT2D eigenvalue weighted by Crippen LogP contribution is 2.46. The van der Waals surface area contributed by atoms with Gasteiger partial charge in [-0.1, -0.05) is 0 Å². The van der Waals surface area contributed by atoms with Crippen LogP contribution in [0.4, 0.5) is 13.2 Å². The van der Waals surface area contributed by atoms with Gasteiger partial charge in [0.05, 0.1) is 18.4 Å². The van der Waals surface area contributed by atoms with Crippen LogP contribution in [0.25, 0.3) is 0 Å². The Bertz CT molecular complexity index is 617. The van der Waals surface area contributed by atoms with E-state index in [1.807, 2.05) is 0 Å². The number of ether oxygens (including phenoxy) is 1. The molecule has 11 heteroatoms. The number of hydrogen-bond donors (Lipinski definition) is 3. The average molecular weight is 380 g/mol. The number of methoxy groups -OCH3 is 1. The molecule has 3 N–H and O–H groups in total. The number of nitrogens with one attached hydrogen (secondary N) is 2. The zero-order chi connectivity index (χ0) is 19.8. The molecule has 2 fully saturated rings. The Labute approximate surface area is 146 Å². The smallest absolute Gasteiger partial charge is 0.396 e. The molecule has 2 rings (SSSR count). The van der Waals surface area contributed by atoms with Gasteiger partial charge in [0.15, 0.2) is 0 Å². The minimum atomic E-state index is -4.74. The summed E-state index contributed by atoms with van der Waals surface area (Å²) in [6.45, 7) is -0.730. The minimum absolute atomic E-state index is 0.253. The van der Waals surface area contributed by atoms with E-state index in [0.717, 1.165) is 7.11 Å². The fraction of sp³-hybridized carbons (Fsp3) is 0.733. The van der Waals surface area contributed by atoms with Crippen LogP contribution in [0.3, 0.4) is 0 Å². The number of carbonyl (C=O) groups excluding carboxylic acids is 3. The third kappa shape index (κ3) is 3.61. The van der Waals surface area contributed by atoms with Gasteiger partial charge < -0.3 is 20.5 Å². The highest BCUT2D eigenvalue weighted by molar-refractivity contribution is 5.91. The molecule has 1 saturated heterocycles. The lowest BCUT2D eigenvalue weighted by Crippen LogP contribution is -2.65. The Morgan fingerprint density at radius 2 is 1.96 bits per heavy atom. The topological polar surface area (TPSA) is 122 Å². The largest absolute Gasteiger partial charge is 0.481 e. The van der Waals surface area contributed by atoms with Crippen LogP contribution in [0.2, 0.25) is 0 Å². The number of halogens is 3. The molecule has 2 amide bonds. The summed E-state index contributed by atoms with van der Waals surface area (Å²) in [6, 6.07) is 0. The Morgan fingerprint density at radius 1 is 1.35 bits per heavy atom. The number of esters is 1. The molecular formula is C15H19F3N2O6. The lowest BCUT2D eigenvalue weighted by atomic mass is 9.67. The predicted molar refractivity (Wildman–Crippen MR) is 78.6 cm³/mol. The Morgan fingerprint density at radius 3 is 2.38 bits per heavy atom. The first kappa shape index (κ1) is 20.0. The highest BCUT2D eigenvalue weighted by Gasteiger charge is 2.59. The molecule has 0 spiro atoms. The van der Waals surface area contributed by atoms with Gasteiger partial charge >= 0.3 is 18.1 Å². The summed E-state index contributed by atoms with van der Waals surface area (Å²) in [6.07, 6.45) is -7.13. The normalized spacial score (nSPS) is 31.4. The Hall–Kier alpha value is -2.33. The van der Waals surface area contributed by atoms with Gasteiger partial charge in [-0.05, 0) is 19.3 Å². The molecule has 1 saturated carbocycles. The summed E-state index contributed by atoms with van der Waals surface area (Å²) in [5.41, 5.74) is -4.07. The quantitative estimate of drug-likeness (QED) is 0.592. The SMILES string of the molecule is COC(=O)C1(NC(=O)CC2(C(F)(F)F)CCC(=O)NC2)CC(C(=O)O)C1. The van der Waals surface area contributed by atoms with Gasteiger partial charge in [0, 0.05) is 19.4 Å². The molecule has 1 heterocycles. The number of hydrogen-bond acceptors (Lipinski definition) is 5. The van der Waals surface area contributed by atoms with Gasteiger partial charge in [0.2, 0.25) is 11.8 Å². The number of piperidine rings is 1. The first-order chi connectivity index (χ1) is 11.9. The van der Waals surface area contributed by atoms with Crippen molar-refractivity contribution in [1.29, 1.82) is 0 Å². The van der Waals surface area contributed by atoms with Crippen molar-refractivity contribution in [3.05, 3.63) is 0 Å². The number of alkyl halides is 3. The maximum absolute atomic E-state index is 13.5. The number of rotatable bonds is 5. The van der Waals surface area contributed by atoms with Gasteiger partial charge in [-0.3, -0.25) is 14.4 Å². The molecule has 2 aliphatic rings. The summed E-state index contributed by atoms with van der Waals surface area (Å²) in [5, 5.41) is 13.3. The number of amides is 2. The Balaban J connectivity index is 2.13. The lowest BCUT2D eigenvalue weighted by molar-refractivity contribution is -0.231. The molecule has 1 aliphatic heterocycles. The molecule has 0 aromatic carbocycles. The first-order valence-corrected chi connectivity index (χ1v) is 7.90. The van der Waals surface area contributed by atoms with Crippen LogP contribution in [0.1, 0.15) is 32.1 Å². The predicted octanol–water partition coefficient (Wildman–Crippen LogP) is 0.358. The summed E-state index contributed by atoms with van der Waals surface area (Å²) >= 11 is 0. The molecule has 1 atom stereocenters. The van der Waals surface area contributed by atoms with Crippen molar-refractivity contribution in [2.45, 2.75) is 43.8 Å². The van der Waals surface area contributed by atoms with Gasteiger partial charge in [0.1, 0.15) is 5.54 Å². The lowest BCUT2D eigenvalue weighted by Gasteiger charge is -2.44.